The second-order valence-electron chi connectivity index (χ2n) is 8.56. The Bertz CT molecular complexity index is 1170. The topological polar surface area (TPSA) is 82.3 Å². The van der Waals surface area contributed by atoms with Crippen LogP contribution in [0.25, 0.3) is 0 Å². The third kappa shape index (κ3) is 2.92. The molecule has 0 spiro atoms. The van der Waals surface area contributed by atoms with E-state index in [-0.39, 0.29) is 16.8 Å². The minimum Gasteiger partial charge on any atom is -0.497 e. The molecule has 1 aromatic carbocycles. The van der Waals surface area contributed by atoms with E-state index in [1.165, 1.54) is 11.6 Å². The number of allylic oxidation sites excluding steroid dienone is 2. The van der Waals surface area contributed by atoms with E-state index in [2.05, 4.69) is 11.4 Å². The fourth-order valence-electron chi connectivity index (χ4n) is 4.57. The molecule has 0 radical (unpaired) electrons. The molecule has 1 aliphatic carbocycles. The van der Waals surface area contributed by atoms with Gasteiger partial charge in [0.05, 0.1) is 18.6 Å². The first-order chi connectivity index (χ1) is 13.6. The molecule has 2 atom stereocenters. The number of aromatic nitrogens is 2. The van der Waals surface area contributed by atoms with Gasteiger partial charge in [-0.3, -0.25) is 18.7 Å². The van der Waals surface area contributed by atoms with Gasteiger partial charge in [0.2, 0.25) is 0 Å². The quantitative estimate of drug-likeness (QED) is 0.843. The van der Waals surface area contributed by atoms with Crippen molar-refractivity contribution in [3.63, 3.8) is 0 Å². The van der Waals surface area contributed by atoms with E-state index in [1.807, 2.05) is 38.1 Å². The van der Waals surface area contributed by atoms with Crippen LogP contribution in [0.1, 0.15) is 37.3 Å². The van der Waals surface area contributed by atoms with Gasteiger partial charge in [-0.15, -0.1) is 0 Å². The Morgan fingerprint density at radius 1 is 1.10 bits per heavy atom. The van der Waals surface area contributed by atoms with Gasteiger partial charge in [0.1, 0.15) is 17.4 Å². The summed E-state index contributed by atoms with van der Waals surface area (Å²) in [5, 5.41) is 3.25. The van der Waals surface area contributed by atoms with Gasteiger partial charge in [0.15, 0.2) is 0 Å². The fourth-order valence-corrected chi connectivity index (χ4v) is 4.57. The summed E-state index contributed by atoms with van der Waals surface area (Å²) < 4.78 is 7.91. The van der Waals surface area contributed by atoms with E-state index >= 15 is 0 Å². The molecule has 2 aromatic rings. The number of fused-ring (bicyclic) bond motifs is 2. The zero-order chi connectivity index (χ0) is 21.1. The minimum atomic E-state index is -0.507. The molecular formula is C22H25N3O4. The SMILES string of the molecule is COc1cccc([C@@H]2c3c(n(C)c(=O)n(C)c3=O)NC3=CC(C)(C)CC(=O)[C@H]32)c1. The molecule has 1 N–H and O–H groups in total. The predicted molar refractivity (Wildman–Crippen MR) is 110 cm³/mol. The number of carbonyl (C=O) groups is 1. The van der Waals surface area contributed by atoms with E-state index in [4.69, 9.17) is 4.74 Å². The van der Waals surface area contributed by atoms with Crippen LogP contribution in [0.15, 0.2) is 45.6 Å². The predicted octanol–water partition coefficient (Wildman–Crippen LogP) is 2.15. The summed E-state index contributed by atoms with van der Waals surface area (Å²) in [4.78, 5) is 39.0. The maximum absolute atomic E-state index is 13.3. The van der Waals surface area contributed by atoms with Crippen molar-refractivity contribution in [2.24, 2.45) is 25.4 Å². The molecule has 1 aromatic heterocycles. The van der Waals surface area contributed by atoms with Crippen LogP contribution >= 0.6 is 0 Å². The first kappa shape index (κ1) is 19.2. The lowest BCUT2D eigenvalue weighted by atomic mass is 9.67. The summed E-state index contributed by atoms with van der Waals surface area (Å²) in [7, 11) is 4.68. The number of hydrogen-bond acceptors (Lipinski definition) is 5. The molecule has 2 aliphatic rings. The van der Waals surface area contributed by atoms with Crippen molar-refractivity contribution in [1.82, 2.24) is 9.13 Å². The lowest BCUT2D eigenvalue weighted by molar-refractivity contribution is -0.124. The van der Waals surface area contributed by atoms with Crippen molar-refractivity contribution < 1.29 is 9.53 Å². The van der Waals surface area contributed by atoms with E-state index in [0.29, 0.717) is 23.6 Å². The summed E-state index contributed by atoms with van der Waals surface area (Å²) in [6, 6.07) is 7.43. The molecular weight excluding hydrogens is 370 g/mol. The normalized spacial score (nSPS) is 22.2. The van der Waals surface area contributed by atoms with Gasteiger partial charge < -0.3 is 10.1 Å². The third-order valence-electron chi connectivity index (χ3n) is 5.92. The zero-order valence-corrected chi connectivity index (χ0v) is 17.3. The van der Waals surface area contributed by atoms with Crippen LogP contribution in [0.5, 0.6) is 5.75 Å². The summed E-state index contributed by atoms with van der Waals surface area (Å²) in [6.45, 7) is 4.02. The molecule has 0 saturated heterocycles. The molecule has 29 heavy (non-hydrogen) atoms. The highest BCUT2D eigenvalue weighted by Gasteiger charge is 2.46. The molecule has 0 amide bonds. The van der Waals surface area contributed by atoms with Gasteiger partial charge in [-0.25, -0.2) is 4.79 Å². The molecule has 2 heterocycles. The van der Waals surface area contributed by atoms with Crippen LogP contribution in [0, 0.1) is 11.3 Å². The Morgan fingerprint density at radius 2 is 1.83 bits per heavy atom. The zero-order valence-electron chi connectivity index (χ0n) is 17.3. The van der Waals surface area contributed by atoms with Gasteiger partial charge in [-0.05, 0) is 23.1 Å². The number of ether oxygens (including phenoxy) is 1. The van der Waals surface area contributed by atoms with E-state index < -0.39 is 17.5 Å². The number of Topliss-reactive ketones (excluding diaryl/α,β-unsaturated/α-hetero) is 1. The molecule has 0 fully saturated rings. The van der Waals surface area contributed by atoms with E-state index in [1.54, 1.807) is 14.2 Å². The number of methoxy groups -OCH3 is 1. The molecule has 7 heteroatoms. The van der Waals surface area contributed by atoms with Crippen LogP contribution in [-0.4, -0.2) is 22.0 Å². The molecule has 152 valence electrons. The maximum atomic E-state index is 13.3. The highest BCUT2D eigenvalue weighted by molar-refractivity contribution is 5.90. The smallest absolute Gasteiger partial charge is 0.332 e. The number of ketones is 1. The molecule has 1 aliphatic heterocycles. The van der Waals surface area contributed by atoms with Crippen molar-refractivity contribution in [3.8, 4) is 5.75 Å². The fraction of sp³-hybridized carbons (Fsp3) is 0.409. The first-order valence-electron chi connectivity index (χ1n) is 9.61. The second kappa shape index (κ2) is 6.47. The largest absolute Gasteiger partial charge is 0.497 e. The Labute approximate surface area is 168 Å². The highest BCUT2D eigenvalue weighted by Crippen LogP contribution is 2.48. The van der Waals surface area contributed by atoms with Crippen LogP contribution in [0.4, 0.5) is 5.82 Å². The number of rotatable bonds is 2. The minimum absolute atomic E-state index is 0.0781. The van der Waals surface area contributed by atoms with Gasteiger partial charge in [-0.2, -0.15) is 0 Å². The third-order valence-corrected chi connectivity index (χ3v) is 5.92. The Hall–Kier alpha value is -3.09. The van der Waals surface area contributed by atoms with Crippen LogP contribution < -0.4 is 21.3 Å². The lowest BCUT2D eigenvalue weighted by Gasteiger charge is -2.41. The number of nitrogens with zero attached hydrogens (tertiary/aromatic N) is 2. The molecule has 7 nitrogen and oxygen atoms in total. The van der Waals surface area contributed by atoms with Gasteiger partial charge >= 0.3 is 5.69 Å². The Kier molecular flexibility index (Phi) is 4.29. The van der Waals surface area contributed by atoms with Crippen molar-refractivity contribution in [2.75, 3.05) is 12.4 Å². The number of carbonyl (C=O) groups excluding carboxylic acids is 1. The summed E-state index contributed by atoms with van der Waals surface area (Å²) >= 11 is 0. The average molecular weight is 395 g/mol. The number of anilines is 1. The van der Waals surface area contributed by atoms with Crippen molar-refractivity contribution >= 4 is 11.6 Å². The standard InChI is InChI=1S/C22H25N3O4/c1-22(2)10-14-17(15(26)11-22)16(12-7-6-8-13(9-12)29-5)18-19(23-14)24(3)21(28)25(4)20(18)27/h6-10,16-17,23H,11H2,1-5H3/t16-,17-/m0/s1. The first-order valence-corrected chi connectivity index (χ1v) is 9.61. The number of hydrogen-bond donors (Lipinski definition) is 1. The van der Waals surface area contributed by atoms with E-state index in [9.17, 15) is 14.4 Å². The number of benzene rings is 1. The average Bonchev–Trinajstić information content (AvgIpc) is 2.68. The van der Waals surface area contributed by atoms with Crippen LogP contribution in [0.3, 0.4) is 0 Å². The number of nitrogens with one attached hydrogen (secondary N) is 1. The van der Waals surface area contributed by atoms with Gasteiger partial charge in [0.25, 0.3) is 5.56 Å². The summed E-state index contributed by atoms with van der Waals surface area (Å²) in [6.07, 6.45) is 2.45. The van der Waals surface area contributed by atoms with Crippen molar-refractivity contribution in [1.29, 1.82) is 0 Å². The van der Waals surface area contributed by atoms with Crippen LogP contribution in [-0.2, 0) is 18.9 Å². The maximum Gasteiger partial charge on any atom is 0.332 e. The molecule has 4 rings (SSSR count). The molecule has 0 unspecified atom stereocenters. The Balaban J connectivity index is 2.08. The monoisotopic (exact) mass is 395 g/mol. The van der Waals surface area contributed by atoms with Crippen LogP contribution in [0.2, 0.25) is 0 Å². The lowest BCUT2D eigenvalue weighted by Crippen LogP contribution is -2.47. The van der Waals surface area contributed by atoms with E-state index in [0.717, 1.165) is 15.8 Å². The molecule has 0 saturated carbocycles. The molecule has 0 bridgehead atoms. The van der Waals surface area contributed by atoms with Crippen molar-refractivity contribution in [3.05, 3.63) is 68.0 Å². The van der Waals surface area contributed by atoms with Gasteiger partial charge in [0, 0.05) is 32.1 Å². The van der Waals surface area contributed by atoms with Gasteiger partial charge in [-0.1, -0.05) is 32.1 Å². The second-order valence-corrected chi connectivity index (χ2v) is 8.56. The highest BCUT2D eigenvalue weighted by atomic mass is 16.5. The Morgan fingerprint density at radius 3 is 2.52 bits per heavy atom. The summed E-state index contributed by atoms with van der Waals surface area (Å²) in [5.41, 5.74) is 0.885. The summed E-state index contributed by atoms with van der Waals surface area (Å²) in [5.74, 6) is 0.168. The van der Waals surface area contributed by atoms with Crippen molar-refractivity contribution in [2.45, 2.75) is 26.2 Å².